The average Bonchev–Trinajstić information content (AvgIpc) is 3.11. The van der Waals surface area contributed by atoms with Gasteiger partial charge in [-0.25, -0.2) is 14.6 Å². The molecule has 28 heavy (non-hydrogen) atoms. The molecule has 3 heterocycles. The Balaban J connectivity index is 1.60. The highest BCUT2D eigenvalue weighted by molar-refractivity contribution is 5.80. The summed E-state index contributed by atoms with van der Waals surface area (Å²) in [6, 6.07) is 2.74. The molecule has 2 aromatic rings. The first-order chi connectivity index (χ1) is 13.3. The zero-order chi connectivity index (χ0) is 20.0. The molecule has 0 aromatic carbocycles. The van der Waals surface area contributed by atoms with Gasteiger partial charge in [-0.2, -0.15) is 5.10 Å². The third-order valence-electron chi connectivity index (χ3n) is 6.56. The number of aryl methyl sites for hydroxylation is 3. The molecular formula is C22H31N5O. The van der Waals surface area contributed by atoms with E-state index >= 15 is 0 Å². The van der Waals surface area contributed by atoms with Gasteiger partial charge in [0.15, 0.2) is 0 Å². The second-order valence-corrected chi connectivity index (χ2v) is 8.69. The van der Waals surface area contributed by atoms with Crippen molar-refractivity contribution in [3.63, 3.8) is 0 Å². The molecule has 4 rings (SSSR count). The van der Waals surface area contributed by atoms with E-state index in [4.69, 9.17) is 0 Å². The van der Waals surface area contributed by atoms with Crippen molar-refractivity contribution in [3.05, 3.63) is 34.4 Å². The van der Waals surface area contributed by atoms with Gasteiger partial charge in [-0.1, -0.05) is 12.8 Å². The molecule has 2 fully saturated rings. The first-order valence-electron chi connectivity index (χ1n) is 10.5. The molecule has 0 spiro atoms. The van der Waals surface area contributed by atoms with Crippen LogP contribution in [0.3, 0.4) is 0 Å². The smallest absolute Gasteiger partial charge is 0.251 e. The molecule has 6 heteroatoms. The van der Waals surface area contributed by atoms with E-state index in [9.17, 15) is 4.79 Å². The molecule has 150 valence electrons. The maximum Gasteiger partial charge on any atom is 0.251 e. The standard InChI is InChI=1S/C22H31N5O/c1-13-10-14(2)24-22(23-13)27-17(5)19(16(4)25-27)12-21(28)26-15(3)11-18-8-6-7-9-20(18)26/h10,15,18,20H,6-9,11-12H2,1-5H3. The molecular weight excluding hydrogens is 350 g/mol. The lowest BCUT2D eigenvalue weighted by atomic mass is 9.85. The zero-order valence-corrected chi connectivity index (χ0v) is 17.7. The predicted molar refractivity (Wildman–Crippen MR) is 108 cm³/mol. The Kier molecular flexibility index (Phi) is 4.98. The van der Waals surface area contributed by atoms with Crippen molar-refractivity contribution in [3.8, 4) is 5.95 Å². The van der Waals surface area contributed by atoms with Gasteiger partial charge in [0.1, 0.15) is 0 Å². The fraction of sp³-hybridized carbons (Fsp3) is 0.636. The number of amides is 1. The first kappa shape index (κ1) is 19.1. The Hall–Kier alpha value is -2.24. The van der Waals surface area contributed by atoms with Crippen LogP contribution in [0.25, 0.3) is 5.95 Å². The third kappa shape index (κ3) is 3.33. The van der Waals surface area contributed by atoms with Crippen LogP contribution in [-0.4, -0.2) is 42.6 Å². The van der Waals surface area contributed by atoms with Crippen molar-refractivity contribution in [2.75, 3.05) is 0 Å². The molecule has 6 nitrogen and oxygen atoms in total. The summed E-state index contributed by atoms with van der Waals surface area (Å²) in [5.41, 5.74) is 4.70. The average molecular weight is 382 g/mol. The fourth-order valence-electron chi connectivity index (χ4n) is 5.31. The van der Waals surface area contributed by atoms with E-state index in [0.717, 1.165) is 41.2 Å². The quantitative estimate of drug-likeness (QED) is 0.815. The van der Waals surface area contributed by atoms with E-state index < -0.39 is 0 Å². The second kappa shape index (κ2) is 7.30. The third-order valence-corrected chi connectivity index (χ3v) is 6.56. The van der Waals surface area contributed by atoms with Gasteiger partial charge >= 0.3 is 0 Å². The monoisotopic (exact) mass is 381 g/mol. The summed E-state index contributed by atoms with van der Waals surface area (Å²) in [5, 5.41) is 4.66. The van der Waals surface area contributed by atoms with Gasteiger partial charge in [0, 0.05) is 34.7 Å². The number of rotatable bonds is 3. The van der Waals surface area contributed by atoms with Crippen molar-refractivity contribution >= 4 is 5.91 Å². The van der Waals surface area contributed by atoms with Gasteiger partial charge < -0.3 is 4.90 Å². The summed E-state index contributed by atoms with van der Waals surface area (Å²) < 4.78 is 1.79. The highest BCUT2D eigenvalue weighted by Gasteiger charge is 2.42. The zero-order valence-electron chi connectivity index (χ0n) is 17.7. The lowest BCUT2D eigenvalue weighted by Gasteiger charge is -2.33. The summed E-state index contributed by atoms with van der Waals surface area (Å²) >= 11 is 0. The Bertz CT molecular complexity index is 882. The topological polar surface area (TPSA) is 63.9 Å². The number of nitrogens with zero attached hydrogens (tertiary/aromatic N) is 5. The van der Waals surface area contributed by atoms with Crippen LogP contribution in [0.2, 0.25) is 0 Å². The normalized spacial score (nSPS) is 24.5. The van der Waals surface area contributed by atoms with Crippen LogP contribution >= 0.6 is 0 Å². The minimum Gasteiger partial charge on any atom is -0.336 e. The van der Waals surface area contributed by atoms with Gasteiger partial charge in [-0.15, -0.1) is 0 Å². The van der Waals surface area contributed by atoms with Crippen LogP contribution < -0.4 is 0 Å². The van der Waals surface area contributed by atoms with E-state index in [0.29, 0.717) is 30.4 Å². The van der Waals surface area contributed by atoms with Gasteiger partial charge in [0.2, 0.25) is 5.91 Å². The first-order valence-corrected chi connectivity index (χ1v) is 10.5. The summed E-state index contributed by atoms with van der Waals surface area (Å²) in [5.74, 6) is 1.52. The minimum absolute atomic E-state index is 0.244. The lowest BCUT2D eigenvalue weighted by molar-refractivity contribution is -0.133. The van der Waals surface area contributed by atoms with Crippen molar-refractivity contribution in [2.45, 2.75) is 85.2 Å². The van der Waals surface area contributed by atoms with E-state index in [1.807, 2.05) is 33.8 Å². The SMILES string of the molecule is Cc1cc(C)nc(-n2nc(C)c(CC(=O)N3C(C)CC4CCCCC43)c2C)n1. The van der Waals surface area contributed by atoms with Gasteiger partial charge in [-0.3, -0.25) is 4.79 Å². The van der Waals surface area contributed by atoms with Crippen molar-refractivity contribution in [2.24, 2.45) is 5.92 Å². The van der Waals surface area contributed by atoms with Crippen LogP contribution in [-0.2, 0) is 11.2 Å². The largest absolute Gasteiger partial charge is 0.336 e. The number of hydrogen-bond donors (Lipinski definition) is 0. The molecule has 3 unspecified atom stereocenters. The number of carbonyl (C=O) groups excluding carboxylic acids is 1. The van der Waals surface area contributed by atoms with Crippen molar-refractivity contribution in [1.29, 1.82) is 0 Å². The molecule has 1 amide bonds. The summed E-state index contributed by atoms with van der Waals surface area (Å²) in [4.78, 5) is 24.6. The lowest BCUT2D eigenvalue weighted by Crippen LogP contribution is -2.43. The van der Waals surface area contributed by atoms with Gasteiger partial charge in [0.25, 0.3) is 5.95 Å². The van der Waals surface area contributed by atoms with Crippen LogP contribution in [0.5, 0.6) is 0 Å². The molecule has 0 bridgehead atoms. The van der Waals surface area contributed by atoms with Gasteiger partial charge in [0.05, 0.1) is 12.1 Å². The van der Waals surface area contributed by atoms with E-state index in [-0.39, 0.29) is 5.91 Å². The van der Waals surface area contributed by atoms with Crippen molar-refractivity contribution in [1.82, 2.24) is 24.6 Å². The molecule has 2 aromatic heterocycles. The maximum atomic E-state index is 13.3. The Morgan fingerprint density at radius 3 is 2.50 bits per heavy atom. The minimum atomic E-state index is 0.244. The number of aromatic nitrogens is 4. The molecule has 2 aliphatic rings. The number of fused-ring (bicyclic) bond motifs is 1. The molecule has 0 N–H and O–H groups in total. The van der Waals surface area contributed by atoms with E-state index in [1.165, 1.54) is 19.3 Å². The summed E-state index contributed by atoms with van der Waals surface area (Å²) in [6.07, 6.45) is 6.57. The molecule has 3 atom stereocenters. The second-order valence-electron chi connectivity index (χ2n) is 8.69. The highest BCUT2D eigenvalue weighted by atomic mass is 16.2. The van der Waals surface area contributed by atoms with E-state index in [1.54, 1.807) is 4.68 Å². The van der Waals surface area contributed by atoms with Gasteiger partial charge in [-0.05, 0) is 65.9 Å². The Labute approximate surface area is 167 Å². The summed E-state index contributed by atoms with van der Waals surface area (Å²) in [7, 11) is 0. The van der Waals surface area contributed by atoms with Crippen molar-refractivity contribution < 1.29 is 4.79 Å². The summed E-state index contributed by atoms with van der Waals surface area (Å²) in [6.45, 7) is 10.1. The fourth-order valence-corrected chi connectivity index (χ4v) is 5.31. The Morgan fingerprint density at radius 2 is 1.79 bits per heavy atom. The van der Waals surface area contributed by atoms with Crippen LogP contribution in [0.1, 0.15) is 67.4 Å². The molecule has 1 aliphatic carbocycles. The molecule has 0 radical (unpaired) electrons. The van der Waals surface area contributed by atoms with E-state index in [2.05, 4.69) is 26.9 Å². The maximum absolute atomic E-state index is 13.3. The van der Waals surface area contributed by atoms with Crippen LogP contribution in [0, 0.1) is 33.6 Å². The number of carbonyl (C=O) groups is 1. The Morgan fingerprint density at radius 1 is 1.11 bits per heavy atom. The number of likely N-dealkylation sites (tertiary alicyclic amines) is 1. The predicted octanol–water partition coefficient (Wildman–Crippen LogP) is 3.62. The molecule has 1 saturated heterocycles. The van der Waals surface area contributed by atoms with Crippen LogP contribution in [0.15, 0.2) is 6.07 Å². The van der Waals surface area contributed by atoms with Crippen LogP contribution in [0.4, 0.5) is 0 Å². The highest BCUT2D eigenvalue weighted by Crippen LogP contribution is 2.40. The number of hydrogen-bond acceptors (Lipinski definition) is 4. The molecule has 1 saturated carbocycles. The molecule has 1 aliphatic heterocycles.